The molecular weight excluding hydrogens is 299 g/mol. The monoisotopic (exact) mass is 314 g/mol. The van der Waals surface area contributed by atoms with Gasteiger partial charge in [0.15, 0.2) is 0 Å². The number of primary amides is 1. The lowest BCUT2D eigenvalue weighted by atomic mass is 10.2. The summed E-state index contributed by atoms with van der Waals surface area (Å²) in [6, 6.07) is 3.33. The van der Waals surface area contributed by atoms with E-state index < -0.39 is 33.2 Å². The van der Waals surface area contributed by atoms with E-state index in [0.29, 0.717) is 0 Å². The molecule has 1 aromatic rings. The smallest absolute Gasteiger partial charge is 0.246 e. The molecule has 0 radical (unpaired) electrons. The van der Waals surface area contributed by atoms with Gasteiger partial charge >= 0.3 is 0 Å². The second-order valence-electron chi connectivity index (χ2n) is 4.00. The van der Waals surface area contributed by atoms with Crippen LogP contribution in [0.5, 0.6) is 0 Å². The second kappa shape index (κ2) is 7.17. The SMILES string of the molecule is CCN(CC(N)=O)S(=O)(=O)c1ccc(C#CCO)cc1F. The highest BCUT2D eigenvalue weighted by molar-refractivity contribution is 7.89. The Kier molecular flexibility index (Phi) is 5.84. The Labute approximate surface area is 122 Å². The van der Waals surface area contributed by atoms with Crippen molar-refractivity contribution in [2.24, 2.45) is 5.73 Å². The van der Waals surface area contributed by atoms with Gasteiger partial charge in [-0.3, -0.25) is 4.79 Å². The van der Waals surface area contributed by atoms with Gasteiger partial charge in [0.05, 0.1) is 6.54 Å². The molecule has 0 aliphatic carbocycles. The molecule has 8 heteroatoms. The number of amides is 1. The minimum atomic E-state index is -4.15. The standard InChI is InChI=1S/C13H15FN2O4S/c1-2-16(9-13(15)18)21(19,20)12-6-5-10(4-3-7-17)8-11(12)14/h5-6,8,17H,2,7,9H2,1H3,(H2,15,18). The molecule has 0 aliphatic heterocycles. The van der Waals surface area contributed by atoms with Gasteiger partial charge in [0, 0.05) is 12.1 Å². The van der Waals surface area contributed by atoms with Crippen LogP contribution in [-0.4, -0.2) is 43.4 Å². The highest BCUT2D eigenvalue weighted by Gasteiger charge is 2.27. The predicted molar refractivity (Wildman–Crippen MR) is 74.0 cm³/mol. The Morgan fingerprint density at radius 1 is 1.48 bits per heavy atom. The number of likely N-dealkylation sites (N-methyl/N-ethyl adjacent to an activating group) is 1. The molecule has 1 aromatic carbocycles. The highest BCUT2D eigenvalue weighted by Crippen LogP contribution is 2.20. The Morgan fingerprint density at radius 3 is 2.62 bits per heavy atom. The van der Waals surface area contributed by atoms with Crippen molar-refractivity contribution < 1.29 is 22.7 Å². The third kappa shape index (κ3) is 4.26. The van der Waals surface area contributed by atoms with E-state index in [-0.39, 0.29) is 18.7 Å². The summed E-state index contributed by atoms with van der Waals surface area (Å²) in [5.74, 6) is 2.98. The summed E-state index contributed by atoms with van der Waals surface area (Å²) in [6.07, 6.45) is 0. The van der Waals surface area contributed by atoms with Crippen LogP contribution in [0.4, 0.5) is 4.39 Å². The normalized spacial score (nSPS) is 11.0. The summed E-state index contributed by atoms with van der Waals surface area (Å²) in [7, 11) is -4.15. The molecule has 0 heterocycles. The first-order valence-electron chi connectivity index (χ1n) is 6.00. The second-order valence-corrected chi connectivity index (χ2v) is 5.91. The maximum atomic E-state index is 14.0. The van der Waals surface area contributed by atoms with E-state index in [4.69, 9.17) is 10.8 Å². The average molecular weight is 314 g/mol. The molecule has 0 saturated carbocycles. The van der Waals surface area contributed by atoms with E-state index in [2.05, 4.69) is 11.8 Å². The zero-order valence-corrected chi connectivity index (χ0v) is 12.2. The van der Waals surface area contributed by atoms with Crippen LogP contribution in [0.15, 0.2) is 23.1 Å². The quantitative estimate of drug-likeness (QED) is 0.726. The summed E-state index contributed by atoms with van der Waals surface area (Å²) < 4.78 is 39.2. The van der Waals surface area contributed by atoms with Crippen molar-refractivity contribution in [2.75, 3.05) is 19.7 Å². The van der Waals surface area contributed by atoms with Gasteiger partial charge in [0.1, 0.15) is 17.3 Å². The topological polar surface area (TPSA) is 101 Å². The van der Waals surface area contributed by atoms with Gasteiger partial charge in [-0.15, -0.1) is 0 Å². The Bertz CT molecular complexity index is 692. The van der Waals surface area contributed by atoms with Crippen molar-refractivity contribution in [1.29, 1.82) is 0 Å². The van der Waals surface area contributed by atoms with Crippen molar-refractivity contribution in [3.05, 3.63) is 29.6 Å². The van der Waals surface area contributed by atoms with Crippen molar-refractivity contribution in [3.63, 3.8) is 0 Å². The van der Waals surface area contributed by atoms with Crippen LogP contribution in [0.25, 0.3) is 0 Å². The molecule has 0 aliphatic rings. The van der Waals surface area contributed by atoms with Crippen LogP contribution in [0.1, 0.15) is 12.5 Å². The Morgan fingerprint density at radius 2 is 2.14 bits per heavy atom. The van der Waals surface area contributed by atoms with E-state index in [1.807, 2.05) is 0 Å². The van der Waals surface area contributed by atoms with Gasteiger partial charge in [-0.25, -0.2) is 12.8 Å². The number of carbonyl (C=O) groups excluding carboxylic acids is 1. The molecule has 0 saturated heterocycles. The first kappa shape index (κ1) is 17.1. The summed E-state index contributed by atoms with van der Waals surface area (Å²) in [5.41, 5.74) is 5.21. The molecule has 0 aromatic heterocycles. The fourth-order valence-corrected chi connectivity index (χ4v) is 3.07. The van der Waals surface area contributed by atoms with Crippen LogP contribution in [0, 0.1) is 17.7 Å². The lowest BCUT2D eigenvalue weighted by Gasteiger charge is -2.19. The largest absolute Gasteiger partial charge is 0.384 e. The number of carbonyl (C=O) groups is 1. The van der Waals surface area contributed by atoms with Crippen molar-refractivity contribution >= 4 is 15.9 Å². The fraction of sp³-hybridized carbons (Fsp3) is 0.308. The lowest BCUT2D eigenvalue weighted by Crippen LogP contribution is -2.38. The fourth-order valence-electron chi connectivity index (χ4n) is 1.61. The van der Waals surface area contributed by atoms with E-state index in [9.17, 15) is 17.6 Å². The maximum Gasteiger partial charge on any atom is 0.246 e. The number of halogens is 1. The summed E-state index contributed by atoms with van der Waals surface area (Å²) >= 11 is 0. The molecule has 1 rings (SSSR count). The highest BCUT2D eigenvalue weighted by atomic mass is 32.2. The molecule has 6 nitrogen and oxygen atoms in total. The first-order chi connectivity index (χ1) is 9.82. The number of hydrogen-bond acceptors (Lipinski definition) is 4. The third-order valence-corrected chi connectivity index (χ3v) is 4.50. The van der Waals surface area contributed by atoms with Crippen molar-refractivity contribution in [3.8, 4) is 11.8 Å². The molecule has 0 fully saturated rings. The lowest BCUT2D eigenvalue weighted by molar-refractivity contribution is -0.118. The zero-order chi connectivity index (χ0) is 16.0. The van der Waals surface area contributed by atoms with E-state index >= 15 is 0 Å². The number of rotatable bonds is 5. The molecule has 21 heavy (non-hydrogen) atoms. The van der Waals surface area contributed by atoms with E-state index in [1.165, 1.54) is 13.0 Å². The van der Waals surface area contributed by atoms with Crippen molar-refractivity contribution in [2.45, 2.75) is 11.8 Å². The minimum absolute atomic E-state index is 0.0171. The number of benzene rings is 1. The number of nitrogens with two attached hydrogens (primary N) is 1. The van der Waals surface area contributed by atoms with Crippen LogP contribution >= 0.6 is 0 Å². The summed E-state index contributed by atoms with van der Waals surface area (Å²) in [5, 5.41) is 8.56. The van der Waals surface area contributed by atoms with Crippen molar-refractivity contribution in [1.82, 2.24) is 4.31 Å². The molecular formula is C13H15FN2O4S. The van der Waals surface area contributed by atoms with E-state index in [0.717, 1.165) is 16.4 Å². The predicted octanol–water partition coefficient (Wildman–Crippen LogP) is -0.335. The van der Waals surface area contributed by atoms with Gasteiger partial charge in [0.25, 0.3) is 0 Å². The molecule has 0 atom stereocenters. The molecule has 1 amide bonds. The van der Waals surface area contributed by atoms with Gasteiger partial charge in [-0.2, -0.15) is 4.31 Å². The van der Waals surface area contributed by atoms with Gasteiger partial charge in [-0.05, 0) is 18.2 Å². The minimum Gasteiger partial charge on any atom is -0.384 e. The summed E-state index contributed by atoms with van der Waals surface area (Å²) in [6.45, 7) is 0.588. The molecule has 0 bridgehead atoms. The zero-order valence-electron chi connectivity index (χ0n) is 11.3. The van der Waals surface area contributed by atoms with Gasteiger partial charge in [-0.1, -0.05) is 18.8 Å². The third-order valence-electron chi connectivity index (χ3n) is 2.55. The summed E-state index contributed by atoms with van der Waals surface area (Å²) in [4.78, 5) is 10.3. The number of nitrogens with zero attached hydrogens (tertiary/aromatic N) is 1. The number of sulfonamides is 1. The first-order valence-corrected chi connectivity index (χ1v) is 7.44. The Hall–Kier alpha value is -1.95. The molecule has 114 valence electrons. The number of aliphatic hydroxyl groups excluding tert-OH is 1. The number of hydrogen-bond donors (Lipinski definition) is 2. The van der Waals surface area contributed by atoms with Crippen LogP contribution < -0.4 is 5.73 Å². The maximum absolute atomic E-state index is 14.0. The molecule has 0 unspecified atom stereocenters. The molecule has 3 N–H and O–H groups in total. The number of aliphatic hydroxyl groups is 1. The van der Waals surface area contributed by atoms with E-state index in [1.54, 1.807) is 0 Å². The Balaban J connectivity index is 3.22. The average Bonchev–Trinajstić information content (AvgIpc) is 2.41. The molecule has 0 spiro atoms. The van der Waals surface area contributed by atoms with Gasteiger partial charge in [0.2, 0.25) is 15.9 Å². The van der Waals surface area contributed by atoms with Crippen LogP contribution in [0.3, 0.4) is 0 Å². The van der Waals surface area contributed by atoms with Gasteiger partial charge < -0.3 is 10.8 Å². The van der Waals surface area contributed by atoms with Crippen LogP contribution in [0.2, 0.25) is 0 Å². The van der Waals surface area contributed by atoms with Crippen LogP contribution in [-0.2, 0) is 14.8 Å².